The first-order chi connectivity index (χ1) is 34.4. The molecule has 71 heavy (non-hydrogen) atoms. The molecule has 2 saturated carbocycles. The van der Waals surface area contributed by atoms with Crippen LogP contribution in [0.15, 0.2) is 66.7 Å². The molecule has 0 unspecified atom stereocenters. The number of carboxylic acid groups (broad SMARTS) is 1. The van der Waals surface area contributed by atoms with Gasteiger partial charge in [-0.15, -0.1) is 0 Å². The molecule has 3 aromatic carbocycles. The first kappa shape index (κ1) is 55.0. The summed E-state index contributed by atoms with van der Waals surface area (Å²) in [4.78, 5) is 47.2. The average molecular weight is 987 g/mol. The highest BCUT2D eigenvalue weighted by molar-refractivity contribution is 5.71. The molecule has 3 N–H and O–H groups in total. The maximum Gasteiger partial charge on any atom is 0.508 e. The Labute approximate surface area is 420 Å². The second-order valence-corrected chi connectivity index (χ2v) is 20.0. The van der Waals surface area contributed by atoms with Crippen molar-refractivity contribution >= 4 is 24.2 Å². The van der Waals surface area contributed by atoms with Gasteiger partial charge in [-0.3, -0.25) is 0 Å². The second-order valence-electron chi connectivity index (χ2n) is 20.0. The molecule has 4 aliphatic carbocycles. The summed E-state index contributed by atoms with van der Waals surface area (Å²) in [5, 5.41) is 30.0. The Morgan fingerprint density at radius 2 is 1.07 bits per heavy atom. The lowest BCUT2D eigenvalue weighted by Crippen LogP contribution is -2.30. The Hall–Kier alpha value is -5.34. The van der Waals surface area contributed by atoms with Crippen LogP contribution in [-0.4, -0.2) is 91.4 Å². The number of unbranched alkanes of at least 4 members (excludes halogenated alkanes) is 4. The number of benzene rings is 3. The van der Waals surface area contributed by atoms with E-state index in [1.54, 1.807) is 0 Å². The highest BCUT2D eigenvalue weighted by atomic mass is 16.7. The minimum atomic E-state index is -0.999. The predicted molar refractivity (Wildman–Crippen MR) is 266 cm³/mol. The van der Waals surface area contributed by atoms with E-state index in [-0.39, 0.29) is 56.1 Å². The third-order valence-electron chi connectivity index (χ3n) is 15.4. The molecule has 0 amide bonds. The number of fused-ring (bicyclic) bond motifs is 4. The molecule has 0 aliphatic heterocycles. The van der Waals surface area contributed by atoms with Crippen molar-refractivity contribution in [2.24, 2.45) is 35.5 Å². The maximum absolute atomic E-state index is 12.3. The van der Waals surface area contributed by atoms with E-state index in [4.69, 9.17) is 38.3 Å². The quantitative estimate of drug-likeness (QED) is 0.0436. The molecular weight excluding hydrogens is 909 g/mol. The molecule has 0 spiro atoms. The van der Waals surface area contributed by atoms with Crippen LogP contribution in [0.1, 0.15) is 132 Å². The van der Waals surface area contributed by atoms with Crippen molar-refractivity contribution in [2.45, 2.75) is 160 Å². The number of aliphatic carboxylic acids is 1. The van der Waals surface area contributed by atoms with Crippen molar-refractivity contribution in [1.82, 2.24) is 0 Å². The van der Waals surface area contributed by atoms with E-state index in [9.17, 15) is 29.4 Å². The molecule has 7 rings (SSSR count). The Balaban J connectivity index is 0.000000237. The van der Waals surface area contributed by atoms with Crippen LogP contribution in [-0.2, 0) is 65.6 Å². The number of aliphatic hydroxyl groups excluding tert-OH is 2. The molecule has 14 nitrogen and oxygen atoms in total. The summed E-state index contributed by atoms with van der Waals surface area (Å²) in [6.07, 6.45) is 13.6. The number of methoxy groups -OCH3 is 2. The smallest absolute Gasteiger partial charge is 0.482 e. The fraction of sp³-hybridized carbons (Fsp3) is 0.614. The van der Waals surface area contributed by atoms with Gasteiger partial charge >= 0.3 is 24.2 Å². The Kier molecular flexibility index (Phi) is 21.7. The topological polar surface area (TPSA) is 194 Å². The van der Waals surface area contributed by atoms with Gasteiger partial charge in [-0.2, -0.15) is 0 Å². The number of carboxylic acids is 1. The molecule has 0 saturated heterocycles. The van der Waals surface area contributed by atoms with Crippen LogP contribution in [0, 0.1) is 35.5 Å². The van der Waals surface area contributed by atoms with Gasteiger partial charge in [0.1, 0.15) is 30.3 Å². The second kappa shape index (κ2) is 28.0. The van der Waals surface area contributed by atoms with E-state index >= 15 is 0 Å². The minimum Gasteiger partial charge on any atom is -0.482 e. The van der Waals surface area contributed by atoms with E-state index in [0.717, 1.165) is 119 Å². The largest absolute Gasteiger partial charge is 0.508 e. The average Bonchev–Trinajstić information content (AvgIpc) is 3.88. The highest BCUT2D eigenvalue weighted by Gasteiger charge is 2.49. The first-order valence-corrected chi connectivity index (χ1v) is 26.1. The number of hydrogen-bond acceptors (Lipinski definition) is 13. The highest BCUT2D eigenvalue weighted by Crippen LogP contribution is 2.51. The molecule has 2 fully saturated rings. The van der Waals surface area contributed by atoms with Gasteiger partial charge in [0.15, 0.2) is 13.2 Å². The summed E-state index contributed by atoms with van der Waals surface area (Å²) in [5.74, 6) is 1.59. The predicted octanol–water partition coefficient (Wildman–Crippen LogP) is 10.4. The summed E-state index contributed by atoms with van der Waals surface area (Å²) in [6.45, 7) is 4.02. The number of rotatable bonds is 24. The number of aliphatic hydroxyl groups is 2. The lowest BCUT2D eigenvalue weighted by atomic mass is 9.73. The zero-order valence-corrected chi connectivity index (χ0v) is 42.3. The van der Waals surface area contributed by atoms with E-state index in [2.05, 4.69) is 26.0 Å². The van der Waals surface area contributed by atoms with E-state index in [0.29, 0.717) is 48.0 Å². The summed E-state index contributed by atoms with van der Waals surface area (Å²) < 4.78 is 37.8. The summed E-state index contributed by atoms with van der Waals surface area (Å²) >= 11 is 0. The molecule has 0 heterocycles. The number of hydrogen-bond donors (Lipinski definition) is 3. The fourth-order valence-electron chi connectivity index (χ4n) is 11.8. The zero-order valence-electron chi connectivity index (χ0n) is 42.3. The monoisotopic (exact) mass is 987 g/mol. The zero-order chi connectivity index (χ0) is 50.7. The lowest BCUT2D eigenvalue weighted by Gasteiger charge is -2.32. The summed E-state index contributed by atoms with van der Waals surface area (Å²) in [7, 11) is 2.65. The Bertz CT molecular complexity index is 2140. The lowest BCUT2D eigenvalue weighted by molar-refractivity contribution is -0.147. The molecule has 3 aromatic rings. The molecule has 4 aliphatic rings. The third kappa shape index (κ3) is 16.1. The molecule has 0 radical (unpaired) electrons. The summed E-state index contributed by atoms with van der Waals surface area (Å²) in [5.41, 5.74) is 5.49. The van der Waals surface area contributed by atoms with Crippen LogP contribution in [0.25, 0.3) is 0 Å². The Morgan fingerprint density at radius 1 is 0.592 bits per heavy atom. The van der Waals surface area contributed by atoms with Crippen molar-refractivity contribution in [1.29, 1.82) is 0 Å². The number of carbonyl (C=O) groups is 4. The van der Waals surface area contributed by atoms with E-state index in [1.807, 2.05) is 54.6 Å². The van der Waals surface area contributed by atoms with Gasteiger partial charge in [-0.25, -0.2) is 19.2 Å². The van der Waals surface area contributed by atoms with Gasteiger partial charge in [-0.05, 0) is 153 Å². The van der Waals surface area contributed by atoms with Gasteiger partial charge in [0.25, 0.3) is 0 Å². The number of esters is 1. The normalized spacial score (nSPS) is 23.5. The van der Waals surface area contributed by atoms with Crippen molar-refractivity contribution in [2.75, 3.05) is 27.4 Å². The SMILES string of the molecule is CCCCC[C@H](O)CC[C@@H]1[C@H]2Cc3cccc(OCC(=O)O)c3C[C@H]2C[C@H]1OC(=O)OC.CCCCC[C@H](O)CC[C@@H]1[C@H]2Cc3cccc(OCC(=O)OCc4ccccc4)c3C[C@H]2C[C@H]1OC(=O)OC. The van der Waals surface area contributed by atoms with Gasteiger partial charge in [0.05, 0.1) is 26.4 Å². The van der Waals surface area contributed by atoms with Crippen LogP contribution >= 0.6 is 0 Å². The molecule has 390 valence electrons. The Morgan fingerprint density at radius 3 is 1.52 bits per heavy atom. The van der Waals surface area contributed by atoms with Gasteiger partial charge < -0.3 is 48.5 Å². The fourth-order valence-corrected chi connectivity index (χ4v) is 11.8. The van der Waals surface area contributed by atoms with Crippen LogP contribution < -0.4 is 9.47 Å². The van der Waals surface area contributed by atoms with E-state index < -0.39 is 24.2 Å². The van der Waals surface area contributed by atoms with E-state index in [1.165, 1.54) is 25.3 Å². The molecule has 0 aromatic heterocycles. The van der Waals surface area contributed by atoms with Gasteiger partial charge in [-0.1, -0.05) is 107 Å². The standard InChI is InChI=1S/C32H42O7.C25H36O7/c1-3-4-6-13-25(33)15-16-26-27-17-23-12-9-14-29(28(23)18-24(27)19-30(26)39-32(35)36-2)37-21-31(34)38-20-22-10-7-5-8-11-22;1-3-4-5-8-18(26)10-11-19-20-12-16-7-6-9-22(31-15-24(27)28)21(16)13-17(20)14-23(19)32-25(29)30-2/h5,7-12,14,24-27,30,33H,3-4,6,13,15-21H2,1-2H3;6-7,9,17-20,23,26H,3-5,8,10-15H2,1-2H3,(H,27,28)/t24-,25-,26+,27-,30+;17-,18-,19+,20-,23+/m00/s1. The number of carbonyl (C=O) groups excluding carboxylic acids is 3. The maximum atomic E-state index is 12.3. The van der Waals surface area contributed by atoms with Crippen LogP contribution in [0.2, 0.25) is 0 Å². The minimum absolute atomic E-state index is 0.149. The molecule has 0 bridgehead atoms. The van der Waals surface area contributed by atoms with Crippen molar-refractivity contribution in [3.63, 3.8) is 0 Å². The molecular formula is C57H78O14. The molecule has 10 atom stereocenters. The van der Waals surface area contributed by atoms with Crippen molar-refractivity contribution in [3.8, 4) is 11.5 Å². The van der Waals surface area contributed by atoms with Crippen LogP contribution in [0.5, 0.6) is 11.5 Å². The van der Waals surface area contributed by atoms with Crippen LogP contribution in [0.4, 0.5) is 9.59 Å². The van der Waals surface area contributed by atoms with Crippen molar-refractivity contribution < 1.29 is 67.7 Å². The van der Waals surface area contributed by atoms with Crippen LogP contribution in [0.3, 0.4) is 0 Å². The van der Waals surface area contributed by atoms with Crippen molar-refractivity contribution in [3.05, 3.63) is 94.5 Å². The first-order valence-electron chi connectivity index (χ1n) is 26.1. The number of ether oxygens (including phenoxy) is 7. The van der Waals surface area contributed by atoms with Gasteiger partial charge in [0.2, 0.25) is 0 Å². The third-order valence-corrected chi connectivity index (χ3v) is 15.4. The summed E-state index contributed by atoms with van der Waals surface area (Å²) in [6, 6.07) is 21.4. The van der Waals surface area contributed by atoms with Gasteiger partial charge in [0, 0.05) is 0 Å². The molecule has 14 heteroatoms.